The van der Waals surface area contributed by atoms with E-state index in [9.17, 15) is 4.79 Å². The van der Waals surface area contributed by atoms with Crippen LogP contribution in [0.2, 0.25) is 5.02 Å². The fraction of sp³-hybridized carbons (Fsp3) is 0.185. The summed E-state index contributed by atoms with van der Waals surface area (Å²) in [7, 11) is 1.35. The highest BCUT2D eigenvalue weighted by molar-refractivity contribution is 6.31. The van der Waals surface area contributed by atoms with Crippen molar-refractivity contribution in [3.8, 4) is 0 Å². The second kappa shape index (κ2) is 10.1. The van der Waals surface area contributed by atoms with Crippen molar-refractivity contribution < 1.29 is 9.53 Å². The first-order valence-electron chi connectivity index (χ1n) is 11.0. The van der Waals surface area contributed by atoms with E-state index in [1.807, 2.05) is 38.1 Å². The highest BCUT2D eigenvalue weighted by Gasteiger charge is 2.15. The second-order valence-corrected chi connectivity index (χ2v) is 8.77. The quantitative estimate of drug-likeness (QED) is 0.353. The number of hydrogen-bond acceptors (Lipinski definition) is 7. The summed E-state index contributed by atoms with van der Waals surface area (Å²) in [6, 6.07) is 11.3. The molecule has 0 aliphatic rings. The van der Waals surface area contributed by atoms with Crippen LogP contribution in [0.15, 0.2) is 55.4 Å². The molecule has 3 heterocycles. The highest BCUT2D eigenvalue weighted by Crippen LogP contribution is 2.25. The molecule has 4 rings (SSSR count). The molecule has 4 aromatic rings. The van der Waals surface area contributed by atoms with E-state index in [0.717, 1.165) is 44.7 Å². The number of anilines is 1. The number of ether oxygens (including phenoxy) is 1. The van der Waals surface area contributed by atoms with Crippen molar-refractivity contribution in [1.82, 2.24) is 20.3 Å². The molecule has 3 aromatic heterocycles. The van der Waals surface area contributed by atoms with Gasteiger partial charge in [0.15, 0.2) is 0 Å². The van der Waals surface area contributed by atoms with Gasteiger partial charge < -0.3 is 15.8 Å². The Hall–Kier alpha value is -3.97. The zero-order valence-electron chi connectivity index (χ0n) is 19.9. The average Bonchev–Trinajstić information content (AvgIpc) is 2.82. The largest absolute Gasteiger partial charge is 0.465 e. The van der Waals surface area contributed by atoms with Gasteiger partial charge in [0.1, 0.15) is 5.82 Å². The Morgan fingerprint density at radius 2 is 1.97 bits per heavy atom. The number of fused-ring (bicyclic) bond motifs is 1. The van der Waals surface area contributed by atoms with Crippen molar-refractivity contribution in [3.05, 3.63) is 99.6 Å². The summed E-state index contributed by atoms with van der Waals surface area (Å²) >= 11 is 6.14. The number of rotatable bonds is 7. The summed E-state index contributed by atoms with van der Waals surface area (Å²) < 4.78 is 4.96. The van der Waals surface area contributed by atoms with E-state index in [1.165, 1.54) is 13.3 Å². The second-order valence-electron chi connectivity index (χ2n) is 8.33. The number of hydrogen-bond donors (Lipinski definition) is 2. The summed E-state index contributed by atoms with van der Waals surface area (Å²) in [4.78, 5) is 25.6. The maximum Gasteiger partial charge on any atom is 0.340 e. The fourth-order valence-corrected chi connectivity index (χ4v) is 4.24. The molecule has 1 aromatic carbocycles. The molecule has 0 unspecified atom stereocenters. The summed E-state index contributed by atoms with van der Waals surface area (Å²) in [6.07, 6.45) is 3.77. The molecular weight excluding hydrogens is 462 g/mol. The van der Waals surface area contributed by atoms with Gasteiger partial charge in [0.25, 0.3) is 0 Å². The van der Waals surface area contributed by atoms with Crippen molar-refractivity contribution in [3.63, 3.8) is 0 Å². The first-order chi connectivity index (χ1) is 16.7. The molecule has 0 fully saturated rings. The van der Waals surface area contributed by atoms with Crippen LogP contribution in [0.4, 0.5) is 5.82 Å². The average molecular weight is 488 g/mol. The predicted octanol–water partition coefficient (Wildman–Crippen LogP) is 5.02. The molecule has 8 heteroatoms. The minimum Gasteiger partial charge on any atom is -0.465 e. The van der Waals surface area contributed by atoms with Crippen molar-refractivity contribution in [1.29, 1.82) is 0 Å². The lowest BCUT2D eigenvalue weighted by Gasteiger charge is -2.15. The molecule has 0 aliphatic heterocycles. The van der Waals surface area contributed by atoms with Gasteiger partial charge >= 0.3 is 5.97 Å². The lowest BCUT2D eigenvalue weighted by Crippen LogP contribution is -2.14. The predicted molar refractivity (Wildman–Crippen MR) is 139 cm³/mol. The van der Waals surface area contributed by atoms with Crippen LogP contribution in [0.25, 0.3) is 16.6 Å². The first-order valence-corrected chi connectivity index (χ1v) is 11.4. The number of esters is 1. The van der Waals surface area contributed by atoms with Crippen LogP contribution in [0, 0.1) is 13.8 Å². The van der Waals surface area contributed by atoms with Gasteiger partial charge in [-0.3, -0.25) is 9.97 Å². The third kappa shape index (κ3) is 5.41. The number of halogens is 1. The van der Waals surface area contributed by atoms with Gasteiger partial charge in [-0.15, -0.1) is 0 Å². The van der Waals surface area contributed by atoms with Crippen molar-refractivity contribution in [2.45, 2.75) is 26.8 Å². The molecule has 7 nitrogen and oxygen atoms in total. The molecule has 0 spiro atoms. The number of carbonyl (C=O) groups is 1. The topological polar surface area (TPSA) is 103 Å². The SMILES string of the molecule is C=C(NCc1c(C)cc(N)nc1C)c1ccnc(Cc2cc(C(=O)OC)c3ncc(Cl)cc3c2)c1. The number of pyridine rings is 3. The van der Waals surface area contributed by atoms with Crippen LogP contribution in [0.3, 0.4) is 0 Å². The molecule has 0 radical (unpaired) electrons. The van der Waals surface area contributed by atoms with E-state index in [0.29, 0.717) is 34.9 Å². The number of nitrogens with one attached hydrogen (secondary N) is 1. The Bertz CT molecular complexity index is 1430. The van der Waals surface area contributed by atoms with Crippen LogP contribution in [-0.2, 0) is 17.7 Å². The van der Waals surface area contributed by atoms with Crippen molar-refractivity contribution >= 4 is 40.0 Å². The minimum absolute atomic E-state index is 0.391. The van der Waals surface area contributed by atoms with E-state index in [4.69, 9.17) is 22.1 Å². The van der Waals surface area contributed by atoms with E-state index in [1.54, 1.807) is 18.3 Å². The summed E-state index contributed by atoms with van der Waals surface area (Å²) in [5.41, 5.74) is 13.3. The van der Waals surface area contributed by atoms with E-state index >= 15 is 0 Å². The normalized spacial score (nSPS) is 10.9. The van der Waals surface area contributed by atoms with E-state index in [-0.39, 0.29) is 0 Å². The minimum atomic E-state index is -0.450. The Balaban J connectivity index is 1.56. The van der Waals surface area contributed by atoms with E-state index in [2.05, 4.69) is 26.8 Å². The Kier molecular flexibility index (Phi) is 6.98. The van der Waals surface area contributed by atoms with Gasteiger partial charge in [0, 0.05) is 53.4 Å². The van der Waals surface area contributed by atoms with Gasteiger partial charge in [0.2, 0.25) is 0 Å². The van der Waals surface area contributed by atoms with Gasteiger partial charge in [-0.05, 0) is 66.9 Å². The number of methoxy groups -OCH3 is 1. The number of benzene rings is 1. The maximum atomic E-state index is 12.4. The van der Waals surface area contributed by atoms with Gasteiger partial charge in [0.05, 0.1) is 23.2 Å². The Morgan fingerprint density at radius 3 is 2.71 bits per heavy atom. The number of nitrogens with two attached hydrogens (primary N) is 1. The van der Waals surface area contributed by atoms with Gasteiger partial charge in [-0.2, -0.15) is 0 Å². The summed E-state index contributed by atoms with van der Waals surface area (Å²) in [5.74, 6) is 0.0668. The van der Waals surface area contributed by atoms with Crippen molar-refractivity contribution in [2.75, 3.05) is 12.8 Å². The molecule has 0 atom stereocenters. The zero-order valence-corrected chi connectivity index (χ0v) is 20.6. The first kappa shape index (κ1) is 24.2. The van der Waals surface area contributed by atoms with Crippen LogP contribution in [0.5, 0.6) is 0 Å². The molecule has 0 amide bonds. The van der Waals surface area contributed by atoms with Crippen LogP contribution in [-0.4, -0.2) is 28.0 Å². The van der Waals surface area contributed by atoms with E-state index < -0.39 is 5.97 Å². The molecular formula is C27H26ClN5O2. The van der Waals surface area contributed by atoms with Crippen LogP contribution in [0.1, 0.15) is 44.0 Å². The smallest absolute Gasteiger partial charge is 0.340 e. The molecule has 0 aliphatic carbocycles. The lowest BCUT2D eigenvalue weighted by molar-refractivity contribution is 0.0602. The number of aromatic nitrogens is 3. The Morgan fingerprint density at radius 1 is 1.17 bits per heavy atom. The molecule has 0 bridgehead atoms. The molecule has 178 valence electrons. The molecule has 3 N–H and O–H groups in total. The molecule has 0 saturated carbocycles. The number of aryl methyl sites for hydroxylation is 2. The third-order valence-corrected chi connectivity index (χ3v) is 6.02. The summed E-state index contributed by atoms with van der Waals surface area (Å²) in [6.45, 7) is 8.75. The maximum absolute atomic E-state index is 12.4. The van der Waals surface area contributed by atoms with Crippen LogP contribution < -0.4 is 11.1 Å². The van der Waals surface area contributed by atoms with Crippen molar-refractivity contribution in [2.24, 2.45) is 0 Å². The number of nitrogen functional groups attached to an aromatic ring is 1. The number of nitrogens with zero attached hydrogens (tertiary/aromatic N) is 3. The number of carbonyl (C=O) groups excluding carboxylic acids is 1. The molecule has 35 heavy (non-hydrogen) atoms. The fourth-order valence-electron chi connectivity index (χ4n) is 4.08. The summed E-state index contributed by atoms with van der Waals surface area (Å²) in [5, 5.41) is 4.64. The van der Waals surface area contributed by atoms with Gasteiger partial charge in [-0.1, -0.05) is 18.2 Å². The standard InChI is InChI=1S/C27H26ClN5O2/c1-15-7-25(29)33-17(3)24(15)14-31-16(2)19-5-6-30-22(12-19)9-18-8-20-11-21(28)13-32-26(20)23(10-18)27(34)35-4/h5-8,10-13,31H,2,9,14H2,1,3-4H3,(H2,29,33). The lowest BCUT2D eigenvalue weighted by atomic mass is 10.0. The highest BCUT2D eigenvalue weighted by atomic mass is 35.5. The Labute approximate surface area is 209 Å². The zero-order chi connectivity index (χ0) is 25.1. The monoisotopic (exact) mass is 487 g/mol. The molecule has 0 saturated heterocycles. The van der Waals surface area contributed by atoms with Gasteiger partial charge in [-0.25, -0.2) is 9.78 Å². The third-order valence-electron chi connectivity index (χ3n) is 5.82. The van der Waals surface area contributed by atoms with Crippen LogP contribution >= 0.6 is 11.6 Å².